The van der Waals surface area contributed by atoms with Crippen molar-refractivity contribution < 1.29 is 4.74 Å². The van der Waals surface area contributed by atoms with Crippen molar-refractivity contribution in [2.24, 2.45) is 5.73 Å². The van der Waals surface area contributed by atoms with Crippen LogP contribution in [0.25, 0.3) is 0 Å². The van der Waals surface area contributed by atoms with Crippen molar-refractivity contribution in [1.82, 2.24) is 0 Å². The van der Waals surface area contributed by atoms with Crippen molar-refractivity contribution >= 4 is 11.8 Å². The molecule has 1 aromatic rings. The molecule has 0 bridgehead atoms. The summed E-state index contributed by atoms with van der Waals surface area (Å²) in [5.41, 5.74) is 8.74. The van der Waals surface area contributed by atoms with Gasteiger partial charge >= 0.3 is 0 Å². The minimum absolute atomic E-state index is 0.281. The van der Waals surface area contributed by atoms with Gasteiger partial charge < -0.3 is 10.5 Å². The van der Waals surface area contributed by atoms with Gasteiger partial charge in [-0.25, -0.2) is 0 Å². The Bertz CT molecular complexity index is 354. The second kappa shape index (κ2) is 8.57. The highest BCUT2D eigenvalue weighted by molar-refractivity contribution is 7.99. The molecule has 0 radical (unpaired) electrons. The van der Waals surface area contributed by atoms with E-state index in [0.717, 1.165) is 31.6 Å². The Labute approximate surface area is 115 Å². The molecule has 0 aliphatic rings. The Morgan fingerprint density at radius 1 is 1.39 bits per heavy atom. The molecule has 0 aliphatic carbocycles. The average molecular weight is 267 g/mol. The monoisotopic (exact) mass is 267 g/mol. The van der Waals surface area contributed by atoms with Gasteiger partial charge in [-0.05, 0) is 49.4 Å². The normalized spacial score (nSPS) is 12.7. The topological polar surface area (TPSA) is 35.2 Å². The number of hydrogen-bond donors (Lipinski definition) is 1. The lowest BCUT2D eigenvalue weighted by molar-refractivity contribution is 0.200. The van der Waals surface area contributed by atoms with Crippen LogP contribution >= 0.6 is 11.8 Å². The zero-order valence-electron chi connectivity index (χ0n) is 11.7. The number of hydrogen-bond acceptors (Lipinski definition) is 3. The fourth-order valence-corrected chi connectivity index (χ4v) is 2.73. The zero-order chi connectivity index (χ0) is 13.4. The highest BCUT2D eigenvalue weighted by Gasteiger charge is 2.05. The van der Waals surface area contributed by atoms with Crippen molar-refractivity contribution in [2.45, 2.75) is 44.0 Å². The van der Waals surface area contributed by atoms with E-state index >= 15 is 0 Å². The summed E-state index contributed by atoms with van der Waals surface area (Å²) in [5, 5.41) is 0. The second-order valence-corrected chi connectivity index (χ2v) is 5.82. The summed E-state index contributed by atoms with van der Waals surface area (Å²) in [6.45, 7) is 5.16. The molecule has 0 aromatic heterocycles. The van der Waals surface area contributed by atoms with Crippen molar-refractivity contribution in [1.29, 1.82) is 0 Å². The number of aryl methyl sites for hydroxylation is 1. The van der Waals surface area contributed by atoms with E-state index in [9.17, 15) is 0 Å². The summed E-state index contributed by atoms with van der Waals surface area (Å²) in [6.07, 6.45) is 3.12. The van der Waals surface area contributed by atoms with Gasteiger partial charge in [-0.1, -0.05) is 13.0 Å². The first kappa shape index (κ1) is 15.5. The molecule has 2 nitrogen and oxygen atoms in total. The molecule has 0 fully saturated rings. The van der Waals surface area contributed by atoms with Crippen LogP contribution in [0.2, 0.25) is 0 Å². The highest BCUT2D eigenvalue weighted by atomic mass is 32.2. The maximum Gasteiger partial charge on any atom is 0.0470 e. The summed E-state index contributed by atoms with van der Waals surface area (Å²) in [4.78, 5) is 1.34. The van der Waals surface area contributed by atoms with Crippen molar-refractivity contribution in [2.75, 3.05) is 19.5 Å². The van der Waals surface area contributed by atoms with Crippen LogP contribution < -0.4 is 5.73 Å². The van der Waals surface area contributed by atoms with Crippen LogP contribution in [0.3, 0.4) is 0 Å². The first-order valence-electron chi connectivity index (χ1n) is 6.64. The van der Waals surface area contributed by atoms with E-state index in [-0.39, 0.29) is 6.04 Å². The minimum atomic E-state index is 0.281. The Balaban J connectivity index is 2.51. The van der Waals surface area contributed by atoms with Gasteiger partial charge in [-0.2, -0.15) is 0 Å². The standard InChI is InChI=1S/C15H25NOS/c1-4-14(16)11-13-6-7-15(10-12(13)2)18-9-5-8-17-3/h6-7,10,14H,4-5,8-9,11,16H2,1-3H3. The highest BCUT2D eigenvalue weighted by Crippen LogP contribution is 2.22. The third-order valence-corrected chi connectivity index (χ3v) is 4.16. The molecule has 2 N–H and O–H groups in total. The Morgan fingerprint density at radius 3 is 2.78 bits per heavy atom. The molecule has 0 aliphatic heterocycles. The van der Waals surface area contributed by atoms with Crippen molar-refractivity contribution in [3.05, 3.63) is 29.3 Å². The first-order chi connectivity index (χ1) is 8.67. The number of rotatable bonds is 8. The number of nitrogens with two attached hydrogens (primary N) is 1. The SMILES string of the molecule is CCC(N)Cc1ccc(SCCCOC)cc1C. The molecule has 3 heteroatoms. The number of thioether (sulfide) groups is 1. The molecule has 0 amide bonds. The third kappa shape index (κ3) is 5.42. The van der Waals surface area contributed by atoms with Gasteiger partial charge in [0, 0.05) is 30.4 Å². The molecule has 18 heavy (non-hydrogen) atoms. The third-order valence-electron chi connectivity index (χ3n) is 3.08. The molecule has 0 spiro atoms. The molecule has 1 rings (SSSR count). The summed E-state index contributed by atoms with van der Waals surface area (Å²) < 4.78 is 5.05. The maximum absolute atomic E-state index is 6.01. The van der Waals surface area contributed by atoms with Gasteiger partial charge in [0.05, 0.1) is 0 Å². The molecule has 0 saturated carbocycles. The van der Waals surface area contributed by atoms with Gasteiger partial charge in [-0.15, -0.1) is 11.8 Å². The predicted molar refractivity (Wildman–Crippen MR) is 80.4 cm³/mol. The van der Waals surface area contributed by atoms with Gasteiger partial charge in [0.2, 0.25) is 0 Å². The van der Waals surface area contributed by atoms with Crippen molar-refractivity contribution in [3.8, 4) is 0 Å². The van der Waals surface area contributed by atoms with E-state index < -0.39 is 0 Å². The van der Waals surface area contributed by atoms with Crippen LogP contribution in [0, 0.1) is 6.92 Å². The van der Waals surface area contributed by atoms with Crippen LogP contribution in [-0.4, -0.2) is 25.5 Å². The molecule has 1 atom stereocenters. The molecule has 0 heterocycles. The van der Waals surface area contributed by atoms with E-state index in [0.29, 0.717) is 0 Å². The Kier molecular flexibility index (Phi) is 7.40. The lowest BCUT2D eigenvalue weighted by Gasteiger charge is -2.12. The van der Waals surface area contributed by atoms with E-state index in [1.165, 1.54) is 16.0 Å². The zero-order valence-corrected chi connectivity index (χ0v) is 12.6. The van der Waals surface area contributed by atoms with Crippen LogP contribution in [0.1, 0.15) is 30.9 Å². The predicted octanol–water partition coefficient (Wildman–Crippen LogP) is 3.40. The van der Waals surface area contributed by atoms with Crippen LogP contribution in [-0.2, 0) is 11.2 Å². The summed E-state index contributed by atoms with van der Waals surface area (Å²) >= 11 is 1.90. The van der Waals surface area contributed by atoms with E-state index in [4.69, 9.17) is 10.5 Å². The van der Waals surface area contributed by atoms with Gasteiger partial charge in [0.15, 0.2) is 0 Å². The number of methoxy groups -OCH3 is 1. The van der Waals surface area contributed by atoms with Gasteiger partial charge in [0.1, 0.15) is 0 Å². The largest absolute Gasteiger partial charge is 0.385 e. The fraction of sp³-hybridized carbons (Fsp3) is 0.600. The lowest BCUT2D eigenvalue weighted by atomic mass is 10.0. The first-order valence-corrected chi connectivity index (χ1v) is 7.62. The van der Waals surface area contributed by atoms with Gasteiger partial charge in [-0.3, -0.25) is 0 Å². The smallest absolute Gasteiger partial charge is 0.0470 e. The maximum atomic E-state index is 6.01. The minimum Gasteiger partial charge on any atom is -0.385 e. The lowest BCUT2D eigenvalue weighted by Crippen LogP contribution is -2.21. The molecule has 0 saturated heterocycles. The Hall–Kier alpha value is -0.510. The van der Waals surface area contributed by atoms with Crippen LogP contribution in [0.5, 0.6) is 0 Å². The fourth-order valence-electron chi connectivity index (χ4n) is 1.81. The number of ether oxygens (including phenoxy) is 1. The summed E-state index contributed by atoms with van der Waals surface area (Å²) in [5.74, 6) is 1.11. The molecular weight excluding hydrogens is 242 g/mol. The van der Waals surface area contributed by atoms with Crippen LogP contribution in [0.15, 0.2) is 23.1 Å². The van der Waals surface area contributed by atoms with E-state index in [2.05, 4.69) is 32.0 Å². The Morgan fingerprint density at radius 2 is 2.17 bits per heavy atom. The molecular formula is C15H25NOS. The summed E-state index contributed by atoms with van der Waals surface area (Å²) in [7, 11) is 1.75. The van der Waals surface area contributed by atoms with Crippen molar-refractivity contribution in [3.63, 3.8) is 0 Å². The quantitative estimate of drug-likeness (QED) is 0.579. The molecule has 102 valence electrons. The molecule has 1 unspecified atom stereocenters. The average Bonchev–Trinajstić information content (AvgIpc) is 2.37. The van der Waals surface area contributed by atoms with Crippen LogP contribution in [0.4, 0.5) is 0 Å². The van der Waals surface area contributed by atoms with Gasteiger partial charge in [0.25, 0.3) is 0 Å². The van der Waals surface area contributed by atoms with E-state index in [1.54, 1.807) is 7.11 Å². The summed E-state index contributed by atoms with van der Waals surface area (Å²) in [6, 6.07) is 6.99. The number of benzene rings is 1. The molecule has 1 aromatic carbocycles. The van der Waals surface area contributed by atoms with E-state index in [1.807, 2.05) is 11.8 Å². The second-order valence-electron chi connectivity index (χ2n) is 4.66.